The van der Waals surface area contributed by atoms with Crippen molar-refractivity contribution in [2.45, 2.75) is 32.6 Å². The minimum atomic E-state index is -0.749. The fourth-order valence-corrected chi connectivity index (χ4v) is 2.55. The van der Waals surface area contributed by atoms with Crippen LogP contribution in [0.3, 0.4) is 0 Å². The number of rotatable bonds is 4. The Hall–Kier alpha value is -1.35. The van der Waals surface area contributed by atoms with Crippen molar-refractivity contribution >= 4 is 5.97 Å². The van der Waals surface area contributed by atoms with Gasteiger partial charge in [0.15, 0.2) is 0 Å². The fraction of sp³-hybridized carbons (Fsp3) is 0.533. The summed E-state index contributed by atoms with van der Waals surface area (Å²) in [6.07, 6.45) is 0.610. The standard InChI is InChI=1S/C15H20O3/c1-11-4-6-12(7-5-11)15(9-18-10-15)8-14(2,3)13(16)17/h4-7H,8-10H2,1-3H3,(H,16,17). The van der Waals surface area contributed by atoms with Gasteiger partial charge < -0.3 is 9.84 Å². The highest BCUT2D eigenvalue weighted by molar-refractivity contribution is 5.73. The van der Waals surface area contributed by atoms with E-state index in [9.17, 15) is 9.90 Å². The lowest BCUT2D eigenvalue weighted by Crippen LogP contribution is -2.50. The maximum Gasteiger partial charge on any atom is 0.309 e. The van der Waals surface area contributed by atoms with Crippen molar-refractivity contribution in [2.75, 3.05) is 13.2 Å². The van der Waals surface area contributed by atoms with Crippen LogP contribution in [0, 0.1) is 12.3 Å². The second kappa shape index (κ2) is 4.39. The molecule has 18 heavy (non-hydrogen) atoms. The van der Waals surface area contributed by atoms with Crippen molar-refractivity contribution < 1.29 is 14.6 Å². The van der Waals surface area contributed by atoms with Crippen molar-refractivity contribution in [1.29, 1.82) is 0 Å². The number of aliphatic carboxylic acids is 1. The third-order valence-electron chi connectivity index (χ3n) is 3.78. The fourth-order valence-electron chi connectivity index (χ4n) is 2.55. The molecule has 0 amide bonds. The van der Waals surface area contributed by atoms with E-state index in [2.05, 4.69) is 31.2 Å². The Labute approximate surface area is 108 Å². The number of benzene rings is 1. The van der Waals surface area contributed by atoms with Crippen LogP contribution < -0.4 is 0 Å². The third-order valence-corrected chi connectivity index (χ3v) is 3.78. The lowest BCUT2D eigenvalue weighted by Gasteiger charge is -2.45. The van der Waals surface area contributed by atoms with Crippen LogP contribution in [0.1, 0.15) is 31.4 Å². The van der Waals surface area contributed by atoms with Crippen LogP contribution in [0.2, 0.25) is 0 Å². The van der Waals surface area contributed by atoms with Crippen LogP contribution in [0.25, 0.3) is 0 Å². The molecule has 3 heteroatoms. The molecule has 0 spiro atoms. The Kier molecular flexibility index (Phi) is 3.20. The van der Waals surface area contributed by atoms with E-state index in [1.165, 1.54) is 11.1 Å². The molecule has 1 heterocycles. The van der Waals surface area contributed by atoms with Gasteiger partial charge in [0.1, 0.15) is 0 Å². The van der Waals surface area contributed by atoms with E-state index in [1.807, 2.05) is 0 Å². The Morgan fingerprint density at radius 3 is 2.28 bits per heavy atom. The van der Waals surface area contributed by atoms with E-state index in [4.69, 9.17) is 4.74 Å². The van der Waals surface area contributed by atoms with E-state index in [0.717, 1.165) is 0 Å². The molecule has 1 aliphatic heterocycles. The zero-order chi connectivity index (χ0) is 13.4. The molecular weight excluding hydrogens is 228 g/mol. The number of ether oxygens (including phenoxy) is 1. The average molecular weight is 248 g/mol. The summed E-state index contributed by atoms with van der Waals surface area (Å²) in [4.78, 5) is 11.3. The molecular formula is C15H20O3. The number of carbonyl (C=O) groups is 1. The third kappa shape index (κ3) is 2.27. The predicted molar refractivity (Wildman–Crippen MR) is 69.7 cm³/mol. The van der Waals surface area contributed by atoms with Crippen LogP contribution in [0.4, 0.5) is 0 Å². The second-order valence-electron chi connectivity index (χ2n) is 6.00. The van der Waals surface area contributed by atoms with E-state index < -0.39 is 11.4 Å². The smallest absolute Gasteiger partial charge is 0.309 e. The molecule has 1 fully saturated rings. The van der Waals surface area contributed by atoms with E-state index >= 15 is 0 Å². The number of hydrogen-bond donors (Lipinski definition) is 1. The molecule has 0 saturated carbocycles. The Balaban J connectivity index is 2.26. The Morgan fingerprint density at radius 2 is 1.89 bits per heavy atom. The van der Waals surface area contributed by atoms with E-state index in [1.54, 1.807) is 13.8 Å². The summed E-state index contributed by atoms with van der Waals surface area (Å²) in [5.74, 6) is -0.749. The van der Waals surface area contributed by atoms with Gasteiger partial charge in [-0.05, 0) is 32.8 Å². The number of aryl methyl sites for hydroxylation is 1. The molecule has 1 N–H and O–H groups in total. The maximum absolute atomic E-state index is 11.3. The van der Waals surface area contributed by atoms with Gasteiger partial charge in [0.05, 0.1) is 18.6 Å². The molecule has 0 radical (unpaired) electrons. The first-order valence-electron chi connectivity index (χ1n) is 6.24. The zero-order valence-electron chi connectivity index (χ0n) is 11.2. The zero-order valence-corrected chi connectivity index (χ0v) is 11.2. The molecule has 1 aliphatic rings. The van der Waals surface area contributed by atoms with Crippen molar-refractivity contribution in [3.8, 4) is 0 Å². The first-order valence-corrected chi connectivity index (χ1v) is 6.24. The molecule has 98 valence electrons. The molecule has 0 aromatic heterocycles. The van der Waals surface area contributed by atoms with E-state index in [-0.39, 0.29) is 5.41 Å². The molecule has 0 bridgehead atoms. The Bertz CT molecular complexity index is 441. The highest BCUT2D eigenvalue weighted by Crippen LogP contribution is 2.42. The lowest BCUT2D eigenvalue weighted by molar-refractivity contribution is -0.152. The summed E-state index contributed by atoms with van der Waals surface area (Å²) in [6, 6.07) is 8.33. The highest BCUT2D eigenvalue weighted by Gasteiger charge is 2.46. The molecule has 1 aromatic carbocycles. The first kappa shape index (κ1) is 13.1. The summed E-state index contributed by atoms with van der Waals surface area (Å²) in [6.45, 7) is 6.85. The summed E-state index contributed by atoms with van der Waals surface area (Å²) in [5.41, 5.74) is 1.55. The maximum atomic E-state index is 11.3. The van der Waals surface area contributed by atoms with Gasteiger partial charge in [0.2, 0.25) is 0 Å². The largest absolute Gasteiger partial charge is 0.481 e. The normalized spacial score (nSPS) is 18.2. The molecule has 3 nitrogen and oxygen atoms in total. The van der Waals surface area contributed by atoms with Gasteiger partial charge in [-0.3, -0.25) is 4.79 Å². The van der Waals surface area contributed by atoms with Crippen molar-refractivity contribution in [2.24, 2.45) is 5.41 Å². The molecule has 1 aromatic rings. The van der Waals surface area contributed by atoms with Crippen LogP contribution in [-0.2, 0) is 14.9 Å². The van der Waals surface area contributed by atoms with Gasteiger partial charge >= 0.3 is 5.97 Å². The van der Waals surface area contributed by atoms with Crippen LogP contribution in [0.5, 0.6) is 0 Å². The van der Waals surface area contributed by atoms with Gasteiger partial charge in [-0.25, -0.2) is 0 Å². The van der Waals surface area contributed by atoms with Gasteiger partial charge in [0, 0.05) is 5.41 Å². The highest BCUT2D eigenvalue weighted by atomic mass is 16.5. The summed E-state index contributed by atoms with van der Waals surface area (Å²) >= 11 is 0. The second-order valence-corrected chi connectivity index (χ2v) is 6.00. The minimum Gasteiger partial charge on any atom is -0.481 e. The summed E-state index contributed by atoms with van der Waals surface area (Å²) in [7, 11) is 0. The molecule has 2 rings (SSSR count). The van der Waals surface area contributed by atoms with Gasteiger partial charge in [-0.15, -0.1) is 0 Å². The van der Waals surface area contributed by atoms with E-state index in [0.29, 0.717) is 19.6 Å². The summed E-state index contributed by atoms with van der Waals surface area (Å²) in [5, 5.41) is 9.27. The predicted octanol–water partition coefficient (Wildman–Crippen LogP) is 2.76. The van der Waals surface area contributed by atoms with Crippen molar-refractivity contribution in [1.82, 2.24) is 0 Å². The number of carboxylic acids is 1. The quantitative estimate of drug-likeness (QED) is 0.891. The van der Waals surface area contributed by atoms with Crippen LogP contribution >= 0.6 is 0 Å². The molecule has 0 aliphatic carbocycles. The van der Waals surface area contributed by atoms with Gasteiger partial charge in [-0.2, -0.15) is 0 Å². The minimum absolute atomic E-state index is 0.129. The van der Waals surface area contributed by atoms with Crippen molar-refractivity contribution in [3.05, 3.63) is 35.4 Å². The van der Waals surface area contributed by atoms with Gasteiger partial charge in [-0.1, -0.05) is 29.8 Å². The Morgan fingerprint density at radius 1 is 1.33 bits per heavy atom. The lowest BCUT2D eigenvalue weighted by atomic mass is 9.67. The topological polar surface area (TPSA) is 46.5 Å². The SMILES string of the molecule is Cc1ccc(C2(CC(C)(C)C(=O)O)COC2)cc1. The average Bonchev–Trinajstić information content (AvgIpc) is 2.25. The number of hydrogen-bond acceptors (Lipinski definition) is 2. The first-order chi connectivity index (χ1) is 8.36. The van der Waals surface area contributed by atoms with Crippen LogP contribution in [0.15, 0.2) is 24.3 Å². The molecule has 1 saturated heterocycles. The number of carboxylic acid groups (broad SMARTS) is 1. The molecule has 0 unspecified atom stereocenters. The summed E-state index contributed by atoms with van der Waals surface area (Å²) < 4.78 is 5.36. The van der Waals surface area contributed by atoms with Crippen LogP contribution in [-0.4, -0.2) is 24.3 Å². The molecule has 0 atom stereocenters. The van der Waals surface area contributed by atoms with Crippen molar-refractivity contribution in [3.63, 3.8) is 0 Å². The monoisotopic (exact) mass is 248 g/mol. The van der Waals surface area contributed by atoms with Gasteiger partial charge in [0.25, 0.3) is 0 Å².